The summed E-state index contributed by atoms with van der Waals surface area (Å²) in [5.74, 6) is 0. The molecule has 0 amide bonds. The highest BCUT2D eigenvalue weighted by Crippen LogP contribution is 2.17. The van der Waals surface area contributed by atoms with Gasteiger partial charge in [0.25, 0.3) is 5.69 Å². The highest BCUT2D eigenvalue weighted by atomic mass is 16.6. The van der Waals surface area contributed by atoms with Gasteiger partial charge in [-0.1, -0.05) is 0 Å². The van der Waals surface area contributed by atoms with E-state index < -0.39 is 11.0 Å². The first kappa shape index (κ1) is 10.6. The van der Waals surface area contributed by atoms with Crippen molar-refractivity contribution in [1.82, 2.24) is 4.98 Å². The van der Waals surface area contributed by atoms with E-state index in [4.69, 9.17) is 10.8 Å². The van der Waals surface area contributed by atoms with Crippen LogP contribution in [-0.2, 0) is 0 Å². The number of nitrogens with zero attached hydrogens (tertiary/aromatic N) is 2. The molecular weight excluding hydrogens is 186 g/mol. The normalized spacial score (nSPS) is 12.5. The van der Waals surface area contributed by atoms with Crippen molar-refractivity contribution >= 4 is 5.69 Å². The van der Waals surface area contributed by atoms with E-state index in [0.717, 1.165) is 6.20 Å². The van der Waals surface area contributed by atoms with E-state index in [0.29, 0.717) is 11.3 Å². The van der Waals surface area contributed by atoms with Crippen molar-refractivity contribution in [1.29, 1.82) is 0 Å². The van der Waals surface area contributed by atoms with Gasteiger partial charge in [-0.05, 0) is 12.5 Å². The highest BCUT2D eigenvalue weighted by molar-refractivity contribution is 5.34. The summed E-state index contributed by atoms with van der Waals surface area (Å²) in [4.78, 5) is 13.7. The third-order valence-corrected chi connectivity index (χ3v) is 1.86. The van der Waals surface area contributed by atoms with Gasteiger partial charge in [0.05, 0.1) is 23.3 Å². The maximum Gasteiger partial charge on any atom is 0.287 e. The fraction of sp³-hybridized carbons (Fsp3) is 0.375. The third-order valence-electron chi connectivity index (χ3n) is 1.86. The first-order valence-electron chi connectivity index (χ1n) is 4.03. The van der Waals surface area contributed by atoms with Crippen LogP contribution in [0.25, 0.3) is 0 Å². The van der Waals surface area contributed by atoms with Crippen molar-refractivity contribution in [2.75, 3.05) is 6.61 Å². The number of hydrogen-bond donors (Lipinski definition) is 2. The minimum Gasteiger partial charge on any atom is -0.394 e. The van der Waals surface area contributed by atoms with Gasteiger partial charge in [0.2, 0.25) is 0 Å². The minimum absolute atomic E-state index is 0.0728. The second kappa shape index (κ2) is 4.12. The predicted molar refractivity (Wildman–Crippen MR) is 49.6 cm³/mol. The quantitative estimate of drug-likeness (QED) is 0.535. The molecule has 0 saturated carbocycles. The molecule has 0 radical (unpaired) electrons. The zero-order valence-electron chi connectivity index (χ0n) is 7.67. The van der Waals surface area contributed by atoms with E-state index in [2.05, 4.69) is 4.98 Å². The Bertz CT molecular complexity index is 354. The molecule has 0 bridgehead atoms. The van der Waals surface area contributed by atoms with Gasteiger partial charge >= 0.3 is 0 Å². The zero-order chi connectivity index (χ0) is 10.7. The van der Waals surface area contributed by atoms with Crippen LogP contribution >= 0.6 is 0 Å². The number of aryl methyl sites for hydroxylation is 1. The highest BCUT2D eigenvalue weighted by Gasteiger charge is 2.13. The predicted octanol–water partition coefficient (Wildman–Crippen LogP) is 0.290. The van der Waals surface area contributed by atoms with Gasteiger partial charge in [-0.15, -0.1) is 0 Å². The van der Waals surface area contributed by atoms with Crippen LogP contribution in [0.15, 0.2) is 12.3 Å². The second-order valence-electron chi connectivity index (χ2n) is 2.94. The first-order valence-corrected chi connectivity index (χ1v) is 4.03. The van der Waals surface area contributed by atoms with Gasteiger partial charge in [-0.25, -0.2) is 0 Å². The second-order valence-corrected chi connectivity index (χ2v) is 2.94. The number of hydrogen-bond acceptors (Lipinski definition) is 5. The monoisotopic (exact) mass is 197 g/mol. The Morgan fingerprint density at radius 1 is 1.79 bits per heavy atom. The summed E-state index contributed by atoms with van der Waals surface area (Å²) in [6, 6.07) is 0.800. The molecular formula is C8H11N3O3. The molecule has 0 aliphatic rings. The molecule has 3 N–H and O–H groups in total. The number of aliphatic hydroxyl groups is 1. The van der Waals surface area contributed by atoms with Gasteiger partial charge in [0.1, 0.15) is 6.20 Å². The molecule has 1 heterocycles. The smallest absolute Gasteiger partial charge is 0.287 e. The molecule has 1 aromatic heterocycles. The molecule has 0 aliphatic carbocycles. The Kier molecular flexibility index (Phi) is 3.10. The fourth-order valence-corrected chi connectivity index (χ4v) is 1.15. The molecule has 0 aliphatic heterocycles. The molecule has 0 aromatic carbocycles. The van der Waals surface area contributed by atoms with Crippen LogP contribution in [0.5, 0.6) is 0 Å². The standard InChI is InChI=1S/C8H11N3O3/c1-5-2-6(11(13)14)3-10-8(5)7(9)4-12/h2-3,7,12H,4,9H2,1H3/t7-/m1/s1. The summed E-state index contributed by atoms with van der Waals surface area (Å²) in [7, 11) is 0. The molecule has 0 saturated heterocycles. The molecule has 1 rings (SSSR count). The van der Waals surface area contributed by atoms with E-state index in [-0.39, 0.29) is 12.3 Å². The van der Waals surface area contributed by atoms with Gasteiger partial charge in [-0.2, -0.15) is 0 Å². The number of aromatic nitrogens is 1. The van der Waals surface area contributed by atoms with Crippen molar-refractivity contribution in [3.8, 4) is 0 Å². The first-order chi connectivity index (χ1) is 6.56. The molecule has 1 atom stereocenters. The summed E-state index contributed by atoms with van der Waals surface area (Å²) >= 11 is 0. The van der Waals surface area contributed by atoms with E-state index in [1.807, 2.05) is 0 Å². The SMILES string of the molecule is Cc1cc([N+](=O)[O-])cnc1[C@H](N)CO. The van der Waals surface area contributed by atoms with Crippen molar-refractivity contribution in [2.45, 2.75) is 13.0 Å². The average molecular weight is 197 g/mol. The van der Waals surface area contributed by atoms with Gasteiger partial charge < -0.3 is 10.8 Å². The number of nitrogens with two attached hydrogens (primary N) is 1. The summed E-state index contributed by atoms with van der Waals surface area (Å²) in [5, 5.41) is 19.2. The number of rotatable bonds is 3. The van der Waals surface area contributed by atoms with E-state index in [1.54, 1.807) is 6.92 Å². The van der Waals surface area contributed by atoms with E-state index in [9.17, 15) is 10.1 Å². The number of nitro groups is 1. The third kappa shape index (κ3) is 2.04. The maximum atomic E-state index is 10.4. The van der Waals surface area contributed by atoms with Crippen molar-refractivity contribution in [2.24, 2.45) is 5.73 Å². The van der Waals surface area contributed by atoms with Crippen LogP contribution in [0, 0.1) is 17.0 Å². The average Bonchev–Trinajstić information content (AvgIpc) is 2.16. The summed E-state index contributed by atoms with van der Waals surface area (Å²) in [6.45, 7) is 1.44. The number of pyridine rings is 1. The lowest BCUT2D eigenvalue weighted by molar-refractivity contribution is -0.385. The molecule has 0 fully saturated rings. The number of aliphatic hydroxyl groups excluding tert-OH is 1. The summed E-state index contributed by atoms with van der Waals surface area (Å²) in [6.07, 6.45) is 1.14. The topological polar surface area (TPSA) is 102 Å². The molecule has 14 heavy (non-hydrogen) atoms. The largest absolute Gasteiger partial charge is 0.394 e. The van der Waals surface area contributed by atoms with Crippen LogP contribution in [0.4, 0.5) is 5.69 Å². The van der Waals surface area contributed by atoms with Crippen molar-refractivity contribution in [3.63, 3.8) is 0 Å². The summed E-state index contributed by atoms with van der Waals surface area (Å²) < 4.78 is 0. The lowest BCUT2D eigenvalue weighted by atomic mass is 10.1. The Labute approximate surface area is 80.5 Å². The molecule has 6 heteroatoms. The van der Waals surface area contributed by atoms with Crippen LogP contribution in [0.2, 0.25) is 0 Å². The lowest BCUT2D eigenvalue weighted by Crippen LogP contribution is -2.17. The van der Waals surface area contributed by atoms with E-state index >= 15 is 0 Å². The van der Waals surface area contributed by atoms with Crippen LogP contribution < -0.4 is 5.73 Å². The van der Waals surface area contributed by atoms with Crippen LogP contribution in [0.3, 0.4) is 0 Å². The lowest BCUT2D eigenvalue weighted by Gasteiger charge is -2.09. The fourth-order valence-electron chi connectivity index (χ4n) is 1.15. The summed E-state index contributed by atoms with van der Waals surface area (Å²) in [5.41, 5.74) is 6.56. The zero-order valence-corrected chi connectivity index (χ0v) is 7.67. The molecule has 6 nitrogen and oxygen atoms in total. The van der Waals surface area contributed by atoms with Gasteiger partial charge in [0.15, 0.2) is 0 Å². The molecule has 0 spiro atoms. The Hall–Kier alpha value is -1.53. The van der Waals surface area contributed by atoms with Crippen LogP contribution in [-0.4, -0.2) is 21.6 Å². The Morgan fingerprint density at radius 3 is 2.86 bits per heavy atom. The van der Waals surface area contributed by atoms with Crippen molar-refractivity contribution in [3.05, 3.63) is 33.6 Å². The molecule has 0 unspecified atom stereocenters. The maximum absolute atomic E-state index is 10.4. The molecule has 76 valence electrons. The Morgan fingerprint density at radius 2 is 2.43 bits per heavy atom. The van der Waals surface area contributed by atoms with E-state index in [1.165, 1.54) is 6.07 Å². The van der Waals surface area contributed by atoms with Gasteiger partial charge in [-0.3, -0.25) is 15.1 Å². The minimum atomic E-state index is -0.587. The van der Waals surface area contributed by atoms with Gasteiger partial charge in [0, 0.05) is 6.07 Å². The molecule has 1 aromatic rings. The Balaban J connectivity index is 3.07. The van der Waals surface area contributed by atoms with Crippen LogP contribution in [0.1, 0.15) is 17.3 Å². The van der Waals surface area contributed by atoms with Crippen molar-refractivity contribution < 1.29 is 10.0 Å².